The van der Waals surface area contributed by atoms with Crippen LogP contribution in [0.2, 0.25) is 0 Å². The average Bonchev–Trinajstić information content (AvgIpc) is 2.11. The Hall–Kier alpha value is -1.06. The molecule has 0 bridgehead atoms. The largest absolute Gasteiger partial charge is 0.345 e. The van der Waals surface area contributed by atoms with Gasteiger partial charge in [0.05, 0.1) is 6.54 Å². The smallest absolute Gasteiger partial charge is 0.246 e. The van der Waals surface area contributed by atoms with E-state index in [1.54, 1.807) is 4.90 Å². The molecule has 0 aromatic rings. The van der Waals surface area contributed by atoms with Gasteiger partial charge in [-0.15, -0.1) is 0 Å². The second-order valence-corrected chi connectivity index (χ2v) is 4.17. The number of nitrogens with one attached hydrogen (secondary N) is 1. The molecule has 0 aromatic carbocycles. The van der Waals surface area contributed by atoms with Crippen LogP contribution in [-0.2, 0) is 9.59 Å². The number of rotatable bonds is 2. The summed E-state index contributed by atoms with van der Waals surface area (Å²) < 4.78 is 0. The summed E-state index contributed by atoms with van der Waals surface area (Å²) in [6, 6.07) is 0.0681. The minimum Gasteiger partial charge on any atom is -0.345 e. The van der Waals surface area contributed by atoms with Gasteiger partial charge in [-0.25, -0.2) is 0 Å². The van der Waals surface area contributed by atoms with Gasteiger partial charge < -0.3 is 10.2 Å². The molecule has 1 unspecified atom stereocenters. The van der Waals surface area contributed by atoms with Gasteiger partial charge in [0.1, 0.15) is 5.54 Å². The van der Waals surface area contributed by atoms with Gasteiger partial charge >= 0.3 is 0 Å². The summed E-state index contributed by atoms with van der Waals surface area (Å²) in [6.45, 7) is 7.74. The molecule has 0 aromatic heterocycles. The number of hydrogen-bond donors (Lipinski definition) is 1. The van der Waals surface area contributed by atoms with Crippen molar-refractivity contribution < 1.29 is 9.59 Å². The molecule has 1 saturated heterocycles. The zero-order valence-corrected chi connectivity index (χ0v) is 9.26. The standard InChI is InChI=1S/C10H18N2O2/c1-5-10(4)9(14)11-6-8(13)12(10)7(2)3/h7H,5-6H2,1-4H3,(H,11,14). The van der Waals surface area contributed by atoms with Gasteiger partial charge in [-0.2, -0.15) is 0 Å². The minimum atomic E-state index is -0.677. The maximum Gasteiger partial charge on any atom is 0.246 e. The molecule has 80 valence electrons. The predicted octanol–water partition coefficient (Wildman–Crippen LogP) is 0.522. The van der Waals surface area contributed by atoms with Crippen LogP contribution in [-0.4, -0.2) is 34.8 Å². The van der Waals surface area contributed by atoms with Crippen LogP contribution in [0.5, 0.6) is 0 Å². The molecule has 1 fully saturated rings. The lowest BCUT2D eigenvalue weighted by atomic mass is 9.91. The molecule has 1 N–H and O–H groups in total. The first-order chi connectivity index (χ1) is 6.43. The Morgan fingerprint density at radius 1 is 1.50 bits per heavy atom. The van der Waals surface area contributed by atoms with E-state index >= 15 is 0 Å². The van der Waals surface area contributed by atoms with E-state index in [9.17, 15) is 9.59 Å². The van der Waals surface area contributed by atoms with Crippen molar-refractivity contribution in [1.29, 1.82) is 0 Å². The lowest BCUT2D eigenvalue weighted by Gasteiger charge is -2.45. The fraction of sp³-hybridized carbons (Fsp3) is 0.800. The zero-order valence-electron chi connectivity index (χ0n) is 9.26. The quantitative estimate of drug-likeness (QED) is 0.703. The molecule has 0 radical (unpaired) electrons. The van der Waals surface area contributed by atoms with Crippen LogP contribution in [0.4, 0.5) is 0 Å². The Bertz CT molecular complexity index is 263. The molecule has 1 aliphatic rings. The Morgan fingerprint density at radius 3 is 2.43 bits per heavy atom. The SMILES string of the molecule is CCC1(C)C(=O)NCC(=O)N1C(C)C. The maximum absolute atomic E-state index is 11.7. The lowest BCUT2D eigenvalue weighted by Crippen LogP contribution is -2.67. The molecule has 4 nitrogen and oxygen atoms in total. The highest BCUT2D eigenvalue weighted by molar-refractivity contribution is 5.97. The molecular formula is C10H18N2O2. The first-order valence-corrected chi connectivity index (χ1v) is 5.04. The van der Waals surface area contributed by atoms with E-state index in [1.165, 1.54) is 0 Å². The van der Waals surface area contributed by atoms with Crippen LogP contribution in [0.1, 0.15) is 34.1 Å². The number of nitrogens with zero attached hydrogens (tertiary/aromatic N) is 1. The number of amides is 2. The highest BCUT2D eigenvalue weighted by atomic mass is 16.2. The van der Waals surface area contributed by atoms with Crippen molar-refractivity contribution in [3.63, 3.8) is 0 Å². The van der Waals surface area contributed by atoms with Crippen LogP contribution in [0, 0.1) is 0 Å². The third kappa shape index (κ3) is 1.49. The molecule has 1 rings (SSSR count). The van der Waals surface area contributed by atoms with Gasteiger partial charge in [0.2, 0.25) is 11.8 Å². The van der Waals surface area contributed by atoms with Gasteiger partial charge in [0.15, 0.2) is 0 Å². The summed E-state index contributed by atoms with van der Waals surface area (Å²) in [5.74, 6) is -0.0442. The number of carbonyl (C=O) groups is 2. The molecular weight excluding hydrogens is 180 g/mol. The molecule has 0 aliphatic carbocycles. The summed E-state index contributed by atoms with van der Waals surface area (Å²) >= 11 is 0. The van der Waals surface area contributed by atoms with Crippen molar-refractivity contribution in [3.05, 3.63) is 0 Å². The van der Waals surface area contributed by atoms with Crippen LogP contribution < -0.4 is 5.32 Å². The molecule has 4 heteroatoms. The topological polar surface area (TPSA) is 49.4 Å². The lowest BCUT2D eigenvalue weighted by molar-refractivity contribution is -0.155. The van der Waals surface area contributed by atoms with Crippen molar-refractivity contribution in [2.75, 3.05) is 6.54 Å². The van der Waals surface area contributed by atoms with Crippen LogP contribution in [0.3, 0.4) is 0 Å². The Morgan fingerprint density at radius 2 is 2.07 bits per heavy atom. The summed E-state index contributed by atoms with van der Waals surface area (Å²) in [5.41, 5.74) is -0.677. The van der Waals surface area contributed by atoms with Crippen LogP contribution >= 0.6 is 0 Å². The zero-order chi connectivity index (χ0) is 10.9. The van der Waals surface area contributed by atoms with E-state index < -0.39 is 5.54 Å². The van der Waals surface area contributed by atoms with Gasteiger partial charge in [0.25, 0.3) is 0 Å². The molecule has 0 saturated carbocycles. The third-order valence-electron chi connectivity index (χ3n) is 2.89. The fourth-order valence-electron chi connectivity index (χ4n) is 2.00. The minimum absolute atomic E-state index is 0.00366. The fourth-order valence-corrected chi connectivity index (χ4v) is 2.00. The van der Waals surface area contributed by atoms with E-state index in [0.29, 0.717) is 6.42 Å². The number of hydrogen-bond acceptors (Lipinski definition) is 2. The average molecular weight is 198 g/mol. The van der Waals surface area contributed by atoms with Crippen LogP contribution in [0.25, 0.3) is 0 Å². The van der Waals surface area contributed by atoms with Gasteiger partial charge in [-0.3, -0.25) is 9.59 Å². The summed E-state index contributed by atoms with van der Waals surface area (Å²) in [5, 5.41) is 2.63. The highest BCUT2D eigenvalue weighted by Gasteiger charge is 2.45. The maximum atomic E-state index is 11.7. The van der Waals surface area contributed by atoms with Gasteiger partial charge in [-0.1, -0.05) is 6.92 Å². The van der Waals surface area contributed by atoms with Crippen molar-refractivity contribution in [1.82, 2.24) is 10.2 Å². The summed E-state index contributed by atoms with van der Waals surface area (Å²) in [7, 11) is 0. The second kappa shape index (κ2) is 3.59. The first-order valence-electron chi connectivity index (χ1n) is 5.04. The van der Waals surface area contributed by atoms with Crippen molar-refractivity contribution in [2.45, 2.75) is 45.7 Å². The normalized spacial score (nSPS) is 28.2. The molecule has 1 aliphatic heterocycles. The van der Waals surface area contributed by atoms with Crippen LogP contribution in [0.15, 0.2) is 0 Å². The monoisotopic (exact) mass is 198 g/mol. The van der Waals surface area contributed by atoms with Crippen molar-refractivity contribution >= 4 is 11.8 Å². The third-order valence-corrected chi connectivity index (χ3v) is 2.89. The van der Waals surface area contributed by atoms with Gasteiger partial charge in [0, 0.05) is 6.04 Å². The Kier molecular flexibility index (Phi) is 2.83. The van der Waals surface area contributed by atoms with E-state index in [0.717, 1.165) is 0 Å². The predicted molar refractivity (Wildman–Crippen MR) is 53.7 cm³/mol. The van der Waals surface area contributed by atoms with Crippen molar-refractivity contribution in [2.24, 2.45) is 0 Å². The Balaban J connectivity index is 3.05. The highest BCUT2D eigenvalue weighted by Crippen LogP contribution is 2.25. The van der Waals surface area contributed by atoms with E-state index in [4.69, 9.17) is 0 Å². The van der Waals surface area contributed by atoms with Gasteiger partial charge in [-0.05, 0) is 27.2 Å². The molecule has 2 amide bonds. The summed E-state index contributed by atoms with van der Waals surface area (Å²) in [6.07, 6.45) is 0.642. The summed E-state index contributed by atoms with van der Waals surface area (Å²) in [4.78, 5) is 25.1. The Labute approximate surface area is 84.7 Å². The van der Waals surface area contributed by atoms with Crippen molar-refractivity contribution in [3.8, 4) is 0 Å². The molecule has 14 heavy (non-hydrogen) atoms. The molecule has 1 atom stereocenters. The second-order valence-electron chi connectivity index (χ2n) is 4.17. The number of carbonyl (C=O) groups excluding carboxylic acids is 2. The molecule has 1 heterocycles. The van der Waals surface area contributed by atoms with E-state index in [-0.39, 0.29) is 24.4 Å². The number of piperazine rings is 1. The molecule has 0 spiro atoms. The van der Waals surface area contributed by atoms with E-state index in [2.05, 4.69) is 5.32 Å². The van der Waals surface area contributed by atoms with E-state index in [1.807, 2.05) is 27.7 Å². The first kappa shape index (κ1) is 11.0.